The fourth-order valence-corrected chi connectivity index (χ4v) is 3.72. The third kappa shape index (κ3) is 7.97. The van der Waals surface area contributed by atoms with Crippen molar-refractivity contribution in [3.05, 3.63) is 36.0 Å². The van der Waals surface area contributed by atoms with Gasteiger partial charge in [-0.3, -0.25) is 4.79 Å². The molecule has 0 bridgehead atoms. The summed E-state index contributed by atoms with van der Waals surface area (Å²) in [5, 5.41) is 9.32. The SMILES string of the molecule is NC(=O)CNC1CCC(CNc2nc(NCc3ccccc3OC(F)(F)F)ncc2N)CC1. The van der Waals surface area contributed by atoms with E-state index >= 15 is 0 Å². The van der Waals surface area contributed by atoms with Gasteiger partial charge in [-0.15, -0.1) is 13.2 Å². The van der Waals surface area contributed by atoms with Crippen LogP contribution in [0.3, 0.4) is 0 Å². The predicted molar refractivity (Wildman–Crippen MR) is 118 cm³/mol. The first-order valence-electron chi connectivity index (χ1n) is 10.6. The third-order valence-electron chi connectivity index (χ3n) is 5.42. The number of hydrogen-bond acceptors (Lipinski definition) is 8. The molecule has 0 saturated heterocycles. The molecular weight excluding hydrogens is 439 g/mol. The van der Waals surface area contributed by atoms with Crippen molar-refractivity contribution in [2.24, 2.45) is 11.7 Å². The van der Waals surface area contributed by atoms with Crippen molar-refractivity contribution in [1.29, 1.82) is 0 Å². The van der Waals surface area contributed by atoms with Crippen LogP contribution in [0.5, 0.6) is 5.75 Å². The summed E-state index contributed by atoms with van der Waals surface area (Å²) >= 11 is 0. The number of rotatable bonds is 10. The van der Waals surface area contributed by atoms with Gasteiger partial charge in [0.1, 0.15) is 5.75 Å². The zero-order valence-electron chi connectivity index (χ0n) is 18.0. The molecule has 0 aliphatic heterocycles. The molecule has 33 heavy (non-hydrogen) atoms. The summed E-state index contributed by atoms with van der Waals surface area (Å²) < 4.78 is 41.9. The Hall–Kier alpha value is -3.28. The highest BCUT2D eigenvalue weighted by atomic mass is 19.4. The predicted octanol–water partition coefficient (Wildman–Crippen LogP) is 2.62. The van der Waals surface area contributed by atoms with Gasteiger partial charge in [0.05, 0.1) is 18.4 Å². The van der Waals surface area contributed by atoms with Gasteiger partial charge in [-0.05, 0) is 37.7 Å². The average Bonchev–Trinajstić information content (AvgIpc) is 2.76. The van der Waals surface area contributed by atoms with Crippen molar-refractivity contribution in [2.45, 2.75) is 44.6 Å². The first-order valence-corrected chi connectivity index (χ1v) is 10.6. The molecule has 3 rings (SSSR count). The maximum Gasteiger partial charge on any atom is 0.573 e. The Morgan fingerprint density at radius 1 is 1.15 bits per heavy atom. The molecule has 1 fully saturated rings. The molecule has 2 aromatic rings. The van der Waals surface area contributed by atoms with Crippen LogP contribution in [-0.2, 0) is 11.3 Å². The number of benzene rings is 1. The second-order valence-electron chi connectivity index (χ2n) is 7.95. The summed E-state index contributed by atoms with van der Waals surface area (Å²) in [5.74, 6) is 0.467. The number of nitrogens with two attached hydrogens (primary N) is 2. The van der Waals surface area contributed by atoms with Crippen molar-refractivity contribution >= 4 is 23.4 Å². The van der Waals surface area contributed by atoms with E-state index in [4.69, 9.17) is 11.5 Å². The summed E-state index contributed by atoms with van der Waals surface area (Å²) in [4.78, 5) is 19.3. The van der Waals surface area contributed by atoms with Crippen molar-refractivity contribution in [2.75, 3.05) is 29.5 Å². The van der Waals surface area contributed by atoms with E-state index in [9.17, 15) is 18.0 Å². The monoisotopic (exact) mass is 467 g/mol. The van der Waals surface area contributed by atoms with E-state index in [1.54, 1.807) is 6.07 Å². The number of nitrogen functional groups attached to an aromatic ring is 1. The molecule has 0 unspecified atom stereocenters. The fourth-order valence-electron chi connectivity index (χ4n) is 3.72. The van der Waals surface area contributed by atoms with E-state index in [0.29, 0.717) is 29.5 Å². The lowest BCUT2D eigenvalue weighted by atomic mass is 9.86. The zero-order valence-corrected chi connectivity index (χ0v) is 18.0. The molecule has 9 nitrogen and oxygen atoms in total. The number of halogens is 3. The van der Waals surface area contributed by atoms with Crippen LogP contribution >= 0.6 is 0 Å². The molecule has 1 aliphatic carbocycles. The largest absolute Gasteiger partial charge is 0.573 e. The van der Waals surface area contributed by atoms with Crippen LogP contribution in [0.15, 0.2) is 30.5 Å². The van der Waals surface area contributed by atoms with Crippen molar-refractivity contribution in [3.8, 4) is 5.75 Å². The Kier molecular flexibility index (Phi) is 8.15. The van der Waals surface area contributed by atoms with Gasteiger partial charge in [-0.2, -0.15) is 4.98 Å². The maximum absolute atomic E-state index is 12.6. The molecule has 1 saturated carbocycles. The number of nitrogens with zero attached hydrogens (tertiary/aromatic N) is 2. The normalized spacial score (nSPS) is 18.5. The molecule has 0 radical (unpaired) electrons. The lowest BCUT2D eigenvalue weighted by Crippen LogP contribution is -2.39. The van der Waals surface area contributed by atoms with Gasteiger partial charge in [0, 0.05) is 24.7 Å². The number of carbonyl (C=O) groups excluding carboxylic acids is 1. The number of hydrogen-bond donors (Lipinski definition) is 5. The average molecular weight is 467 g/mol. The van der Waals surface area contributed by atoms with E-state index in [1.165, 1.54) is 24.4 Å². The second kappa shape index (κ2) is 11.0. The van der Waals surface area contributed by atoms with Crippen molar-refractivity contribution < 1.29 is 22.7 Å². The minimum atomic E-state index is -4.78. The highest BCUT2D eigenvalue weighted by Crippen LogP contribution is 2.28. The van der Waals surface area contributed by atoms with E-state index in [1.807, 2.05) is 0 Å². The number of carbonyl (C=O) groups is 1. The van der Waals surface area contributed by atoms with Gasteiger partial charge in [-0.25, -0.2) is 4.98 Å². The molecule has 1 heterocycles. The lowest BCUT2D eigenvalue weighted by molar-refractivity contribution is -0.274. The fraction of sp³-hybridized carbons (Fsp3) is 0.476. The summed E-state index contributed by atoms with van der Waals surface area (Å²) in [5.41, 5.74) is 11.8. The third-order valence-corrected chi connectivity index (χ3v) is 5.42. The van der Waals surface area contributed by atoms with Gasteiger partial charge in [-0.1, -0.05) is 18.2 Å². The molecule has 0 spiro atoms. The maximum atomic E-state index is 12.6. The number of ether oxygens (including phenoxy) is 1. The van der Waals surface area contributed by atoms with Gasteiger partial charge >= 0.3 is 6.36 Å². The highest BCUT2D eigenvalue weighted by Gasteiger charge is 2.32. The molecule has 0 atom stereocenters. The van der Waals surface area contributed by atoms with Crippen LogP contribution in [0, 0.1) is 5.92 Å². The quantitative estimate of drug-likeness (QED) is 0.359. The molecule has 1 aromatic carbocycles. The number of aromatic nitrogens is 2. The van der Waals surface area contributed by atoms with Crippen molar-refractivity contribution in [1.82, 2.24) is 15.3 Å². The Morgan fingerprint density at radius 3 is 2.58 bits per heavy atom. The minimum absolute atomic E-state index is 0.0396. The first kappa shape index (κ1) is 24.4. The minimum Gasteiger partial charge on any atom is -0.405 e. The zero-order chi connectivity index (χ0) is 23.8. The van der Waals surface area contributed by atoms with Crippen LogP contribution in [0.25, 0.3) is 0 Å². The summed E-state index contributed by atoms with van der Waals surface area (Å²) in [6, 6.07) is 6.15. The molecule has 12 heteroatoms. The number of amides is 1. The van der Waals surface area contributed by atoms with E-state index in [-0.39, 0.29) is 36.7 Å². The number of primary amides is 1. The lowest BCUT2D eigenvalue weighted by Gasteiger charge is -2.29. The van der Waals surface area contributed by atoms with Crippen LogP contribution in [0.2, 0.25) is 0 Å². The van der Waals surface area contributed by atoms with E-state index in [2.05, 4.69) is 30.7 Å². The number of nitrogens with one attached hydrogen (secondary N) is 3. The van der Waals surface area contributed by atoms with E-state index < -0.39 is 6.36 Å². The second-order valence-corrected chi connectivity index (χ2v) is 7.95. The summed E-state index contributed by atoms with van der Waals surface area (Å²) in [6.07, 6.45) is 0.531. The van der Waals surface area contributed by atoms with Crippen LogP contribution in [-0.4, -0.2) is 41.4 Å². The topological polar surface area (TPSA) is 140 Å². The van der Waals surface area contributed by atoms with Crippen molar-refractivity contribution in [3.63, 3.8) is 0 Å². The Morgan fingerprint density at radius 2 is 1.88 bits per heavy atom. The molecule has 7 N–H and O–H groups in total. The standard InChI is InChI=1S/C21H28F3N7O2/c22-21(23,24)33-17-4-2-1-3-14(17)10-29-20-30-11-16(25)19(31-20)28-9-13-5-7-15(8-6-13)27-12-18(26)32/h1-4,11,13,15,27H,5-10,12,25H2,(H2,26,32)(H2,28,29,30,31). The van der Waals surface area contributed by atoms with Gasteiger partial charge in [0.2, 0.25) is 11.9 Å². The molecule has 180 valence electrons. The molecule has 1 aliphatic rings. The Bertz CT molecular complexity index is 934. The molecular formula is C21H28F3N7O2. The molecule has 1 aromatic heterocycles. The van der Waals surface area contributed by atoms with E-state index in [0.717, 1.165) is 25.7 Å². The van der Waals surface area contributed by atoms with Crippen LogP contribution < -0.4 is 32.2 Å². The number of alkyl halides is 3. The van der Waals surface area contributed by atoms with Gasteiger partial charge < -0.3 is 32.2 Å². The highest BCUT2D eigenvalue weighted by molar-refractivity contribution is 5.75. The summed E-state index contributed by atoms with van der Waals surface area (Å²) in [7, 11) is 0. The van der Waals surface area contributed by atoms with Gasteiger partial charge in [0.25, 0.3) is 0 Å². The first-order chi connectivity index (χ1) is 15.7. The van der Waals surface area contributed by atoms with Gasteiger partial charge in [0.15, 0.2) is 5.82 Å². The van der Waals surface area contributed by atoms with Crippen LogP contribution in [0.4, 0.5) is 30.6 Å². The summed E-state index contributed by atoms with van der Waals surface area (Å²) in [6.45, 7) is 0.900. The smallest absolute Gasteiger partial charge is 0.405 e. The Balaban J connectivity index is 1.52. The van der Waals surface area contributed by atoms with Crippen LogP contribution in [0.1, 0.15) is 31.2 Å². The Labute approximate surface area is 189 Å². The number of anilines is 3. The number of para-hydroxylation sites is 1. The molecule has 1 amide bonds.